The smallest absolute Gasteiger partial charge is 0.263 e. The first-order valence-corrected chi connectivity index (χ1v) is 11.1. The third kappa shape index (κ3) is 5.79. The molecule has 2 aromatic carbocycles. The number of sulfonamides is 1. The van der Waals surface area contributed by atoms with E-state index in [2.05, 4.69) is 0 Å². The van der Waals surface area contributed by atoms with E-state index >= 15 is 0 Å². The van der Waals surface area contributed by atoms with Crippen molar-refractivity contribution in [2.75, 3.05) is 38.9 Å². The Balaban J connectivity index is 2.01. The normalized spacial score (nSPS) is 12.1. The number of likely N-dealkylation sites (N-methyl/N-ethyl adjacent to an activating group) is 1. The summed E-state index contributed by atoms with van der Waals surface area (Å²) in [5.74, 6) is 1.50. The lowest BCUT2D eigenvalue weighted by Gasteiger charge is -2.23. The summed E-state index contributed by atoms with van der Waals surface area (Å²) in [5, 5.41) is 0. The maximum absolute atomic E-state index is 12.7. The molecule has 2 rings (SSSR count). The fourth-order valence-electron chi connectivity index (χ4n) is 2.82. The molecular formula is C21H28N2O6S. The van der Waals surface area contributed by atoms with Gasteiger partial charge in [-0.15, -0.1) is 0 Å². The molecule has 1 amide bonds. The van der Waals surface area contributed by atoms with Crippen LogP contribution in [0.5, 0.6) is 17.2 Å². The van der Waals surface area contributed by atoms with E-state index in [1.54, 1.807) is 63.4 Å². The molecule has 0 heterocycles. The molecule has 164 valence electrons. The fourth-order valence-corrected chi connectivity index (χ4v) is 3.33. The lowest BCUT2D eigenvalue weighted by Crippen LogP contribution is -2.37. The van der Waals surface area contributed by atoms with Gasteiger partial charge in [0.15, 0.2) is 17.6 Å². The van der Waals surface area contributed by atoms with Crippen LogP contribution in [0.15, 0.2) is 42.5 Å². The molecule has 30 heavy (non-hydrogen) atoms. The summed E-state index contributed by atoms with van der Waals surface area (Å²) in [4.78, 5) is 14.3. The maximum atomic E-state index is 12.7. The number of carbonyl (C=O) groups excluding carboxylic acids is 1. The minimum absolute atomic E-state index is 0.192. The second kappa shape index (κ2) is 9.71. The molecule has 0 bridgehead atoms. The second-order valence-electron chi connectivity index (χ2n) is 6.87. The Bertz CT molecular complexity index is 975. The van der Waals surface area contributed by atoms with E-state index in [0.29, 0.717) is 29.5 Å². The molecule has 0 fully saturated rings. The average molecular weight is 437 g/mol. The van der Waals surface area contributed by atoms with Crippen molar-refractivity contribution in [2.45, 2.75) is 19.6 Å². The summed E-state index contributed by atoms with van der Waals surface area (Å²) in [6, 6.07) is 12.0. The van der Waals surface area contributed by atoms with Crippen LogP contribution in [0.25, 0.3) is 0 Å². The number of nitrogens with zero attached hydrogens (tertiary/aromatic N) is 2. The summed E-state index contributed by atoms with van der Waals surface area (Å²) < 4.78 is 40.7. The number of hydrogen-bond donors (Lipinski definition) is 0. The van der Waals surface area contributed by atoms with E-state index in [1.807, 2.05) is 12.1 Å². The molecule has 0 aliphatic carbocycles. The predicted octanol–water partition coefficient (Wildman–Crippen LogP) is 2.53. The first-order chi connectivity index (χ1) is 14.1. The standard InChI is InChI=1S/C21H28N2O6S/c1-15(29-18-10-8-17(9-11-18)23(3)30(6,25)26)21(24)22(2)14-16-7-12-19(27-4)20(13-16)28-5/h7-13,15H,14H2,1-6H3. The number of methoxy groups -OCH3 is 2. The van der Waals surface area contributed by atoms with E-state index in [9.17, 15) is 13.2 Å². The van der Waals surface area contributed by atoms with Crippen LogP contribution < -0.4 is 18.5 Å². The van der Waals surface area contributed by atoms with Gasteiger partial charge in [0.25, 0.3) is 5.91 Å². The number of hydrogen-bond acceptors (Lipinski definition) is 6. The number of ether oxygens (including phenoxy) is 3. The van der Waals surface area contributed by atoms with Crippen molar-refractivity contribution in [3.8, 4) is 17.2 Å². The zero-order chi connectivity index (χ0) is 22.5. The number of benzene rings is 2. The zero-order valence-electron chi connectivity index (χ0n) is 18.1. The number of amides is 1. The molecule has 0 saturated heterocycles. The van der Waals surface area contributed by atoms with Crippen molar-refractivity contribution in [1.29, 1.82) is 0 Å². The van der Waals surface area contributed by atoms with Crippen LogP contribution in [0.3, 0.4) is 0 Å². The Morgan fingerprint density at radius 3 is 2.13 bits per heavy atom. The van der Waals surface area contributed by atoms with Crippen LogP contribution in [0.4, 0.5) is 5.69 Å². The highest BCUT2D eigenvalue weighted by Gasteiger charge is 2.20. The number of anilines is 1. The van der Waals surface area contributed by atoms with Gasteiger partial charge >= 0.3 is 0 Å². The lowest BCUT2D eigenvalue weighted by molar-refractivity contribution is -0.137. The van der Waals surface area contributed by atoms with Crippen molar-refractivity contribution in [2.24, 2.45) is 0 Å². The van der Waals surface area contributed by atoms with Crippen molar-refractivity contribution < 1.29 is 27.4 Å². The highest BCUT2D eigenvalue weighted by Crippen LogP contribution is 2.28. The summed E-state index contributed by atoms with van der Waals surface area (Å²) in [6.07, 6.45) is 0.417. The van der Waals surface area contributed by atoms with Crippen molar-refractivity contribution >= 4 is 21.6 Å². The summed E-state index contributed by atoms with van der Waals surface area (Å²) in [7, 11) is 2.96. The van der Waals surface area contributed by atoms with Gasteiger partial charge < -0.3 is 19.1 Å². The topological polar surface area (TPSA) is 85.4 Å². The lowest BCUT2D eigenvalue weighted by atomic mass is 10.2. The Hall–Kier alpha value is -2.94. The summed E-state index contributed by atoms with van der Waals surface area (Å²) >= 11 is 0. The van der Waals surface area contributed by atoms with Crippen molar-refractivity contribution in [3.05, 3.63) is 48.0 Å². The van der Waals surface area contributed by atoms with E-state index in [-0.39, 0.29) is 5.91 Å². The molecule has 0 aliphatic heterocycles. The Morgan fingerprint density at radius 1 is 1.00 bits per heavy atom. The van der Waals surface area contributed by atoms with Crippen LogP contribution >= 0.6 is 0 Å². The van der Waals surface area contributed by atoms with Gasteiger partial charge in [-0.25, -0.2) is 8.42 Å². The first-order valence-electron chi connectivity index (χ1n) is 9.23. The van der Waals surface area contributed by atoms with Crippen LogP contribution in [0.1, 0.15) is 12.5 Å². The van der Waals surface area contributed by atoms with Crippen LogP contribution in [0.2, 0.25) is 0 Å². The van der Waals surface area contributed by atoms with Gasteiger partial charge in [-0.05, 0) is 48.9 Å². The maximum Gasteiger partial charge on any atom is 0.263 e. The monoisotopic (exact) mass is 436 g/mol. The molecule has 0 N–H and O–H groups in total. The second-order valence-corrected chi connectivity index (χ2v) is 8.88. The molecule has 0 aromatic heterocycles. The van der Waals surface area contributed by atoms with Crippen molar-refractivity contribution in [1.82, 2.24) is 4.90 Å². The number of rotatable bonds is 9. The average Bonchev–Trinajstić information content (AvgIpc) is 2.72. The van der Waals surface area contributed by atoms with Gasteiger partial charge in [-0.1, -0.05) is 6.07 Å². The zero-order valence-corrected chi connectivity index (χ0v) is 18.9. The Morgan fingerprint density at radius 2 is 1.60 bits per heavy atom. The molecule has 8 nitrogen and oxygen atoms in total. The fraction of sp³-hybridized carbons (Fsp3) is 0.381. The molecule has 0 aliphatic rings. The van der Waals surface area contributed by atoms with Crippen LogP contribution in [0, 0.1) is 0 Å². The van der Waals surface area contributed by atoms with Crippen LogP contribution in [-0.4, -0.2) is 59.9 Å². The quantitative estimate of drug-likeness (QED) is 0.601. The molecule has 2 aromatic rings. The van der Waals surface area contributed by atoms with Gasteiger partial charge in [0.2, 0.25) is 10.0 Å². The van der Waals surface area contributed by atoms with Gasteiger partial charge in [0.05, 0.1) is 26.2 Å². The van der Waals surface area contributed by atoms with Gasteiger partial charge in [-0.2, -0.15) is 0 Å². The predicted molar refractivity (Wildman–Crippen MR) is 116 cm³/mol. The number of carbonyl (C=O) groups is 1. The van der Waals surface area contributed by atoms with Gasteiger partial charge in [-0.3, -0.25) is 9.10 Å². The van der Waals surface area contributed by atoms with Crippen molar-refractivity contribution in [3.63, 3.8) is 0 Å². The summed E-state index contributed by atoms with van der Waals surface area (Å²) in [5.41, 5.74) is 1.40. The third-order valence-corrected chi connectivity index (χ3v) is 5.81. The summed E-state index contributed by atoms with van der Waals surface area (Å²) in [6.45, 7) is 2.05. The van der Waals surface area contributed by atoms with E-state index in [4.69, 9.17) is 14.2 Å². The highest BCUT2D eigenvalue weighted by atomic mass is 32.2. The highest BCUT2D eigenvalue weighted by molar-refractivity contribution is 7.92. The van der Waals surface area contributed by atoms with E-state index < -0.39 is 16.1 Å². The van der Waals surface area contributed by atoms with Gasteiger partial charge in [0, 0.05) is 20.6 Å². The molecule has 0 radical (unpaired) electrons. The molecule has 1 unspecified atom stereocenters. The van der Waals surface area contributed by atoms with E-state index in [0.717, 1.165) is 11.8 Å². The minimum Gasteiger partial charge on any atom is -0.493 e. The van der Waals surface area contributed by atoms with Gasteiger partial charge in [0.1, 0.15) is 5.75 Å². The third-order valence-electron chi connectivity index (χ3n) is 4.60. The van der Waals surface area contributed by atoms with Crippen LogP contribution in [-0.2, 0) is 21.4 Å². The largest absolute Gasteiger partial charge is 0.493 e. The first kappa shape index (κ1) is 23.3. The molecule has 0 spiro atoms. The molecule has 1 atom stereocenters. The minimum atomic E-state index is -3.34. The molecule has 0 saturated carbocycles. The molecular weight excluding hydrogens is 408 g/mol. The Kier molecular flexibility index (Phi) is 7.55. The van der Waals surface area contributed by atoms with E-state index in [1.165, 1.54) is 11.4 Å². The SMILES string of the molecule is COc1ccc(CN(C)C(=O)C(C)Oc2ccc(N(C)S(C)(=O)=O)cc2)cc1OC. The Labute approximate surface area is 178 Å². The molecule has 9 heteroatoms.